The molecular formula is C11H12BrNO3S2. The third-order valence-electron chi connectivity index (χ3n) is 2.82. The normalized spacial score (nSPS) is 18.7. The zero-order valence-corrected chi connectivity index (χ0v) is 12.8. The smallest absolute Gasteiger partial charge is 0.255 e. The van der Waals surface area contributed by atoms with E-state index in [1.807, 2.05) is 0 Å². The van der Waals surface area contributed by atoms with Gasteiger partial charge in [0.05, 0.1) is 17.1 Å². The third kappa shape index (κ3) is 3.07. The Bertz CT molecular complexity index is 572. The van der Waals surface area contributed by atoms with Gasteiger partial charge >= 0.3 is 0 Å². The van der Waals surface area contributed by atoms with Gasteiger partial charge in [0.1, 0.15) is 0 Å². The minimum Gasteiger partial charge on any atom is -0.337 e. The van der Waals surface area contributed by atoms with Crippen molar-refractivity contribution in [2.24, 2.45) is 0 Å². The predicted molar refractivity (Wildman–Crippen MR) is 76.0 cm³/mol. The molecule has 0 bridgehead atoms. The Hall–Kier alpha value is -0.530. The van der Waals surface area contributed by atoms with E-state index in [0.717, 1.165) is 4.47 Å². The second-order valence-electron chi connectivity index (χ2n) is 4.11. The quantitative estimate of drug-likeness (QED) is 0.783. The SMILES string of the molecule is O=C(c1ccc(Br)cc1S)N1CCS(=O)(=O)CC1. The average Bonchev–Trinajstić information content (AvgIpc) is 2.28. The summed E-state index contributed by atoms with van der Waals surface area (Å²) >= 11 is 7.57. The first-order chi connectivity index (χ1) is 8.39. The lowest BCUT2D eigenvalue weighted by Gasteiger charge is -2.27. The number of sulfone groups is 1. The second kappa shape index (κ2) is 5.22. The summed E-state index contributed by atoms with van der Waals surface area (Å²) in [5.41, 5.74) is 0.501. The molecule has 98 valence electrons. The molecule has 0 aromatic heterocycles. The van der Waals surface area contributed by atoms with Gasteiger partial charge in [0, 0.05) is 22.5 Å². The molecule has 0 atom stereocenters. The molecule has 1 aromatic rings. The van der Waals surface area contributed by atoms with Crippen molar-refractivity contribution in [3.63, 3.8) is 0 Å². The summed E-state index contributed by atoms with van der Waals surface area (Å²) in [6, 6.07) is 5.21. The Kier molecular flexibility index (Phi) is 4.03. The minimum absolute atomic E-state index is 0.0389. The van der Waals surface area contributed by atoms with Gasteiger partial charge < -0.3 is 4.90 Å². The number of hydrogen-bond acceptors (Lipinski definition) is 4. The summed E-state index contributed by atoms with van der Waals surface area (Å²) in [5.74, 6) is -0.0867. The lowest BCUT2D eigenvalue weighted by molar-refractivity contribution is 0.0767. The number of carbonyl (C=O) groups is 1. The Morgan fingerprint density at radius 1 is 1.28 bits per heavy atom. The van der Waals surface area contributed by atoms with Crippen LogP contribution in [0.5, 0.6) is 0 Å². The van der Waals surface area contributed by atoms with Gasteiger partial charge in [-0.3, -0.25) is 4.79 Å². The van der Waals surface area contributed by atoms with Gasteiger partial charge in [-0.2, -0.15) is 0 Å². The summed E-state index contributed by atoms with van der Waals surface area (Å²) in [4.78, 5) is 14.4. The molecule has 1 aromatic carbocycles. The molecule has 0 spiro atoms. The molecule has 0 unspecified atom stereocenters. The molecule has 1 saturated heterocycles. The van der Waals surface area contributed by atoms with Crippen molar-refractivity contribution >= 4 is 44.3 Å². The summed E-state index contributed by atoms with van der Waals surface area (Å²) < 4.78 is 23.5. The van der Waals surface area contributed by atoms with E-state index >= 15 is 0 Å². The van der Waals surface area contributed by atoms with Crippen LogP contribution in [-0.2, 0) is 9.84 Å². The van der Waals surface area contributed by atoms with Gasteiger partial charge in [-0.15, -0.1) is 12.6 Å². The third-order valence-corrected chi connectivity index (χ3v) is 5.29. The van der Waals surface area contributed by atoms with E-state index in [4.69, 9.17) is 0 Å². The largest absolute Gasteiger partial charge is 0.337 e. The van der Waals surface area contributed by atoms with Gasteiger partial charge in [-0.05, 0) is 18.2 Å². The van der Waals surface area contributed by atoms with Crippen LogP contribution in [0.3, 0.4) is 0 Å². The molecule has 7 heteroatoms. The van der Waals surface area contributed by atoms with Crippen LogP contribution < -0.4 is 0 Å². The van der Waals surface area contributed by atoms with Crippen molar-refractivity contribution in [3.8, 4) is 0 Å². The van der Waals surface area contributed by atoms with E-state index in [1.165, 1.54) is 0 Å². The number of hydrogen-bond donors (Lipinski definition) is 1. The van der Waals surface area contributed by atoms with Gasteiger partial charge in [-0.25, -0.2) is 8.42 Å². The Labute approximate surface area is 120 Å². The summed E-state index contributed by atoms with van der Waals surface area (Å²) in [7, 11) is -2.97. The fourth-order valence-electron chi connectivity index (χ4n) is 1.77. The van der Waals surface area contributed by atoms with Crippen LogP contribution in [-0.4, -0.2) is 43.8 Å². The summed E-state index contributed by atoms with van der Waals surface area (Å²) in [5, 5.41) is 0. The number of halogens is 1. The van der Waals surface area contributed by atoms with Crippen LogP contribution in [0, 0.1) is 0 Å². The molecule has 0 aliphatic carbocycles. The molecule has 1 amide bonds. The maximum absolute atomic E-state index is 12.2. The zero-order chi connectivity index (χ0) is 13.3. The molecule has 1 aliphatic heterocycles. The van der Waals surface area contributed by atoms with Gasteiger partial charge in [0.15, 0.2) is 9.84 Å². The molecule has 2 rings (SSSR count). The van der Waals surface area contributed by atoms with E-state index in [2.05, 4.69) is 28.6 Å². The van der Waals surface area contributed by atoms with Gasteiger partial charge in [-0.1, -0.05) is 15.9 Å². The molecule has 1 fully saturated rings. The monoisotopic (exact) mass is 349 g/mol. The average molecular weight is 350 g/mol. The van der Waals surface area contributed by atoms with E-state index in [1.54, 1.807) is 23.1 Å². The fraction of sp³-hybridized carbons (Fsp3) is 0.364. The number of thiol groups is 1. The molecule has 18 heavy (non-hydrogen) atoms. The van der Waals surface area contributed by atoms with Crippen LogP contribution in [0.15, 0.2) is 27.6 Å². The highest BCUT2D eigenvalue weighted by Gasteiger charge is 2.26. The maximum atomic E-state index is 12.2. The van der Waals surface area contributed by atoms with Crippen LogP contribution in [0.2, 0.25) is 0 Å². The number of rotatable bonds is 1. The van der Waals surface area contributed by atoms with E-state index < -0.39 is 9.84 Å². The van der Waals surface area contributed by atoms with E-state index in [9.17, 15) is 13.2 Å². The van der Waals surface area contributed by atoms with Crippen LogP contribution >= 0.6 is 28.6 Å². The first-order valence-electron chi connectivity index (χ1n) is 5.37. The Balaban J connectivity index is 2.17. The first-order valence-corrected chi connectivity index (χ1v) is 8.43. The molecule has 4 nitrogen and oxygen atoms in total. The highest BCUT2D eigenvalue weighted by atomic mass is 79.9. The highest BCUT2D eigenvalue weighted by Crippen LogP contribution is 2.21. The van der Waals surface area contributed by atoms with Gasteiger partial charge in [0.2, 0.25) is 0 Å². The number of nitrogens with zero attached hydrogens (tertiary/aromatic N) is 1. The molecule has 0 N–H and O–H groups in total. The number of benzene rings is 1. The lowest BCUT2D eigenvalue weighted by atomic mass is 10.2. The maximum Gasteiger partial charge on any atom is 0.255 e. The zero-order valence-electron chi connectivity index (χ0n) is 9.47. The fourth-order valence-corrected chi connectivity index (χ4v) is 3.82. The summed E-state index contributed by atoms with van der Waals surface area (Å²) in [6.07, 6.45) is 0. The van der Waals surface area contributed by atoms with Gasteiger partial charge in [0.25, 0.3) is 5.91 Å². The van der Waals surface area contributed by atoms with Crippen molar-refractivity contribution in [1.29, 1.82) is 0 Å². The van der Waals surface area contributed by atoms with E-state index in [0.29, 0.717) is 10.5 Å². The minimum atomic E-state index is -2.97. The van der Waals surface area contributed by atoms with Crippen LogP contribution in [0.25, 0.3) is 0 Å². The van der Waals surface area contributed by atoms with E-state index in [-0.39, 0.29) is 30.5 Å². The Morgan fingerprint density at radius 2 is 1.89 bits per heavy atom. The number of amides is 1. The molecule has 0 radical (unpaired) electrons. The lowest BCUT2D eigenvalue weighted by Crippen LogP contribution is -2.43. The van der Waals surface area contributed by atoms with Crippen molar-refractivity contribution in [3.05, 3.63) is 28.2 Å². The standard InChI is InChI=1S/C11H12BrNO3S2/c12-8-1-2-9(10(17)7-8)11(14)13-3-5-18(15,16)6-4-13/h1-2,7,17H,3-6H2. The molecule has 1 aliphatic rings. The topological polar surface area (TPSA) is 54.5 Å². The number of carbonyl (C=O) groups excluding carboxylic acids is 1. The Morgan fingerprint density at radius 3 is 2.44 bits per heavy atom. The van der Waals surface area contributed by atoms with Crippen LogP contribution in [0.1, 0.15) is 10.4 Å². The second-order valence-corrected chi connectivity index (χ2v) is 7.81. The van der Waals surface area contributed by atoms with Crippen molar-refractivity contribution < 1.29 is 13.2 Å². The first kappa shape index (κ1) is 13.9. The molecule has 1 heterocycles. The molecular weight excluding hydrogens is 338 g/mol. The predicted octanol–water partition coefficient (Wildman–Crippen LogP) is 1.61. The van der Waals surface area contributed by atoms with Crippen molar-refractivity contribution in [2.45, 2.75) is 4.90 Å². The molecule has 0 saturated carbocycles. The van der Waals surface area contributed by atoms with Crippen LogP contribution in [0.4, 0.5) is 0 Å². The van der Waals surface area contributed by atoms with Crippen molar-refractivity contribution in [2.75, 3.05) is 24.6 Å². The highest BCUT2D eigenvalue weighted by molar-refractivity contribution is 9.10. The van der Waals surface area contributed by atoms with Crippen molar-refractivity contribution in [1.82, 2.24) is 4.90 Å². The summed E-state index contributed by atoms with van der Waals surface area (Å²) in [6.45, 7) is 0.509.